The van der Waals surface area contributed by atoms with Crippen LogP contribution >= 0.6 is 0 Å². The van der Waals surface area contributed by atoms with Crippen LogP contribution in [0.5, 0.6) is 0 Å². The Morgan fingerprint density at radius 2 is 1.70 bits per heavy atom. The Balaban J connectivity index is 1.65. The molecule has 3 unspecified atom stereocenters. The summed E-state index contributed by atoms with van der Waals surface area (Å²) in [6.45, 7) is 4.10. The van der Waals surface area contributed by atoms with Crippen LogP contribution in [0.15, 0.2) is 0 Å². The normalized spacial score (nSPS) is 36.1. The van der Waals surface area contributed by atoms with Gasteiger partial charge in [-0.1, -0.05) is 0 Å². The van der Waals surface area contributed by atoms with Crippen LogP contribution in [-0.4, -0.2) is 60.0 Å². The zero-order valence-corrected chi connectivity index (χ0v) is 13.0. The Kier molecular flexibility index (Phi) is 4.32. The lowest BCUT2D eigenvalue weighted by Crippen LogP contribution is -2.57. The van der Waals surface area contributed by atoms with Crippen LogP contribution in [0.25, 0.3) is 0 Å². The van der Waals surface area contributed by atoms with E-state index >= 15 is 0 Å². The van der Waals surface area contributed by atoms with Crippen molar-refractivity contribution >= 4 is 5.91 Å². The molecule has 4 heteroatoms. The van der Waals surface area contributed by atoms with Gasteiger partial charge in [0.15, 0.2) is 0 Å². The van der Waals surface area contributed by atoms with Gasteiger partial charge in [-0.05, 0) is 58.9 Å². The molecule has 3 saturated heterocycles. The van der Waals surface area contributed by atoms with Gasteiger partial charge >= 0.3 is 0 Å². The largest absolute Gasteiger partial charge is 0.341 e. The van der Waals surface area contributed by atoms with Gasteiger partial charge in [0.1, 0.15) is 0 Å². The van der Waals surface area contributed by atoms with E-state index in [2.05, 4.69) is 29.1 Å². The van der Waals surface area contributed by atoms with Gasteiger partial charge in [0.05, 0.1) is 6.04 Å². The van der Waals surface area contributed by atoms with Crippen LogP contribution in [0, 0.1) is 0 Å². The molecule has 3 heterocycles. The first-order chi connectivity index (χ1) is 9.70. The third kappa shape index (κ3) is 2.60. The summed E-state index contributed by atoms with van der Waals surface area (Å²) in [5.41, 5.74) is 0. The molecule has 0 aliphatic carbocycles. The van der Waals surface area contributed by atoms with Crippen molar-refractivity contribution < 1.29 is 4.79 Å². The highest BCUT2D eigenvalue weighted by Gasteiger charge is 2.44. The van der Waals surface area contributed by atoms with E-state index in [1.807, 2.05) is 0 Å². The first kappa shape index (κ1) is 14.3. The van der Waals surface area contributed by atoms with E-state index in [0.717, 1.165) is 13.1 Å². The summed E-state index contributed by atoms with van der Waals surface area (Å²) < 4.78 is 0. The van der Waals surface area contributed by atoms with Crippen molar-refractivity contribution in [3.05, 3.63) is 0 Å². The van der Waals surface area contributed by atoms with Gasteiger partial charge in [-0.25, -0.2) is 0 Å². The molecule has 4 nitrogen and oxygen atoms in total. The Labute approximate surface area is 122 Å². The van der Waals surface area contributed by atoms with Gasteiger partial charge in [0.2, 0.25) is 5.91 Å². The van der Waals surface area contributed by atoms with Crippen molar-refractivity contribution in [2.75, 3.05) is 20.1 Å². The second-order valence-electron chi connectivity index (χ2n) is 6.85. The molecule has 2 bridgehead atoms. The van der Waals surface area contributed by atoms with Gasteiger partial charge in [-0.2, -0.15) is 0 Å². The Hall–Kier alpha value is -0.610. The van der Waals surface area contributed by atoms with Crippen molar-refractivity contribution in [2.45, 2.75) is 76.0 Å². The smallest absolute Gasteiger partial charge is 0.239 e. The molecule has 0 saturated carbocycles. The van der Waals surface area contributed by atoms with Crippen molar-refractivity contribution in [1.29, 1.82) is 0 Å². The number of hydrogen-bond donors (Lipinski definition) is 1. The number of carbonyl (C=O) groups is 1. The van der Waals surface area contributed by atoms with Crippen molar-refractivity contribution in [2.24, 2.45) is 0 Å². The third-order valence-electron chi connectivity index (χ3n) is 5.67. The van der Waals surface area contributed by atoms with E-state index in [1.54, 1.807) is 0 Å². The zero-order valence-electron chi connectivity index (χ0n) is 13.0. The van der Waals surface area contributed by atoms with Gasteiger partial charge in [-0.15, -0.1) is 0 Å². The quantitative estimate of drug-likeness (QED) is 0.852. The molecule has 0 spiro atoms. The minimum Gasteiger partial charge on any atom is -0.341 e. The SMILES string of the molecule is CNC1CC2CCC(C1)N2C(C)C(=O)N1CCCCC1. The summed E-state index contributed by atoms with van der Waals surface area (Å²) in [7, 11) is 2.07. The predicted molar refractivity (Wildman–Crippen MR) is 80.6 cm³/mol. The maximum atomic E-state index is 12.7. The molecule has 0 aromatic carbocycles. The van der Waals surface area contributed by atoms with Crippen molar-refractivity contribution in [3.63, 3.8) is 0 Å². The fraction of sp³-hybridized carbons (Fsp3) is 0.938. The van der Waals surface area contributed by atoms with E-state index in [-0.39, 0.29) is 6.04 Å². The highest BCUT2D eigenvalue weighted by atomic mass is 16.2. The molecule has 3 atom stereocenters. The zero-order chi connectivity index (χ0) is 14.1. The second kappa shape index (κ2) is 6.02. The van der Waals surface area contributed by atoms with E-state index in [9.17, 15) is 4.79 Å². The summed E-state index contributed by atoms with van der Waals surface area (Å²) in [6, 6.07) is 1.98. The third-order valence-corrected chi connectivity index (χ3v) is 5.67. The Morgan fingerprint density at radius 3 is 2.25 bits per heavy atom. The molecule has 3 rings (SSSR count). The number of piperidine rings is 2. The van der Waals surface area contributed by atoms with Crippen LogP contribution in [0.2, 0.25) is 0 Å². The highest BCUT2D eigenvalue weighted by molar-refractivity contribution is 5.81. The molecular weight excluding hydrogens is 250 g/mol. The van der Waals surface area contributed by atoms with Gasteiger partial charge in [0.25, 0.3) is 0 Å². The van der Waals surface area contributed by atoms with Crippen LogP contribution < -0.4 is 5.32 Å². The molecule has 1 amide bonds. The second-order valence-corrected chi connectivity index (χ2v) is 6.85. The number of likely N-dealkylation sites (tertiary alicyclic amines) is 1. The standard InChI is InChI=1S/C16H29N3O/c1-12(16(20)18-8-4-3-5-9-18)19-14-6-7-15(19)11-13(10-14)17-2/h12-15,17H,3-11H2,1-2H3. The van der Waals surface area contributed by atoms with E-state index in [0.29, 0.717) is 24.0 Å². The van der Waals surface area contributed by atoms with Crippen molar-refractivity contribution in [1.82, 2.24) is 15.1 Å². The number of nitrogens with one attached hydrogen (secondary N) is 1. The number of carbonyl (C=O) groups excluding carboxylic acids is 1. The summed E-state index contributed by atoms with van der Waals surface area (Å²) >= 11 is 0. The Morgan fingerprint density at radius 1 is 1.10 bits per heavy atom. The summed E-state index contributed by atoms with van der Waals surface area (Å²) in [5, 5.41) is 3.43. The van der Waals surface area contributed by atoms with Gasteiger partial charge in [0, 0.05) is 31.2 Å². The molecule has 3 fully saturated rings. The van der Waals surface area contributed by atoms with E-state index < -0.39 is 0 Å². The van der Waals surface area contributed by atoms with Crippen LogP contribution in [0.4, 0.5) is 0 Å². The molecule has 0 radical (unpaired) electrons. The fourth-order valence-electron chi connectivity index (χ4n) is 4.59. The number of amides is 1. The highest BCUT2D eigenvalue weighted by Crippen LogP contribution is 2.37. The average molecular weight is 279 g/mol. The summed E-state index contributed by atoms with van der Waals surface area (Å²) in [5.74, 6) is 0.379. The number of nitrogens with zero attached hydrogens (tertiary/aromatic N) is 2. The molecule has 3 aliphatic heterocycles. The lowest BCUT2D eigenvalue weighted by Gasteiger charge is -2.43. The first-order valence-electron chi connectivity index (χ1n) is 8.44. The van der Waals surface area contributed by atoms with Crippen LogP contribution in [0.3, 0.4) is 0 Å². The number of rotatable bonds is 3. The van der Waals surface area contributed by atoms with Gasteiger partial charge in [-0.3, -0.25) is 9.69 Å². The maximum Gasteiger partial charge on any atom is 0.239 e. The lowest BCUT2D eigenvalue weighted by atomic mass is 9.95. The summed E-state index contributed by atoms with van der Waals surface area (Å²) in [6.07, 6.45) is 8.65. The number of fused-ring (bicyclic) bond motifs is 2. The fourth-order valence-corrected chi connectivity index (χ4v) is 4.59. The average Bonchev–Trinajstić information content (AvgIpc) is 2.76. The molecule has 1 N–H and O–H groups in total. The van der Waals surface area contributed by atoms with Gasteiger partial charge < -0.3 is 10.2 Å². The van der Waals surface area contributed by atoms with E-state index in [4.69, 9.17) is 0 Å². The molecular formula is C16H29N3O. The first-order valence-corrected chi connectivity index (χ1v) is 8.44. The van der Waals surface area contributed by atoms with E-state index in [1.165, 1.54) is 44.9 Å². The van der Waals surface area contributed by atoms with Crippen molar-refractivity contribution in [3.8, 4) is 0 Å². The molecule has 114 valence electrons. The lowest BCUT2D eigenvalue weighted by molar-refractivity contribution is -0.139. The predicted octanol–water partition coefficient (Wildman–Crippen LogP) is 1.60. The molecule has 0 aromatic heterocycles. The summed E-state index contributed by atoms with van der Waals surface area (Å²) in [4.78, 5) is 17.4. The topological polar surface area (TPSA) is 35.6 Å². The monoisotopic (exact) mass is 279 g/mol. The minimum atomic E-state index is 0.0865. The van der Waals surface area contributed by atoms with Crippen LogP contribution in [0.1, 0.15) is 51.9 Å². The van der Waals surface area contributed by atoms with Crippen LogP contribution in [-0.2, 0) is 4.79 Å². The maximum absolute atomic E-state index is 12.7. The molecule has 3 aliphatic rings. The number of hydrogen-bond acceptors (Lipinski definition) is 3. The minimum absolute atomic E-state index is 0.0865. The Bertz CT molecular complexity index is 340. The molecule has 20 heavy (non-hydrogen) atoms. The molecule has 0 aromatic rings.